The molecule has 5 nitrogen and oxygen atoms in total. The maximum atomic E-state index is 8.74. The Morgan fingerprint density at radius 3 is 2.56 bits per heavy atom. The van der Waals surface area contributed by atoms with Crippen molar-refractivity contribution in [2.24, 2.45) is 0 Å². The lowest BCUT2D eigenvalue weighted by Crippen LogP contribution is -2.32. The highest BCUT2D eigenvalue weighted by molar-refractivity contribution is 5.42. The molecule has 0 radical (unpaired) electrons. The molecule has 1 heterocycles. The third kappa shape index (κ3) is 3.68. The molecule has 1 aromatic carbocycles. The van der Waals surface area contributed by atoms with E-state index >= 15 is 0 Å². The second kappa shape index (κ2) is 6.70. The first-order chi connectivity index (χ1) is 8.81. The van der Waals surface area contributed by atoms with Crippen LogP contribution in [0.1, 0.15) is 5.56 Å². The van der Waals surface area contributed by atoms with Crippen LogP contribution in [0.2, 0.25) is 0 Å². The minimum atomic E-state index is 0.736. The maximum Gasteiger partial charge on any atom is 0.0602 e. The van der Waals surface area contributed by atoms with Gasteiger partial charge in [-0.2, -0.15) is 0 Å². The van der Waals surface area contributed by atoms with Crippen LogP contribution in [0.4, 0.5) is 5.69 Å². The fraction of sp³-hybridized carbons (Fsp3) is 0.538. The van der Waals surface area contributed by atoms with Crippen LogP contribution in [0.5, 0.6) is 0 Å². The molecular weight excluding hydrogens is 228 g/mol. The number of nitrogens with zero attached hydrogens (tertiary/aromatic N) is 2. The molecule has 0 bridgehead atoms. The van der Waals surface area contributed by atoms with Crippen molar-refractivity contribution in [3.05, 3.63) is 29.8 Å². The molecule has 0 aliphatic carbocycles. The molecule has 0 aromatic heterocycles. The van der Waals surface area contributed by atoms with Gasteiger partial charge in [-0.1, -0.05) is 12.1 Å². The van der Waals surface area contributed by atoms with Crippen LogP contribution >= 0.6 is 0 Å². The van der Waals surface area contributed by atoms with Crippen molar-refractivity contribution in [2.45, 2.75) is 6.42 Å². The van der Waals surface area contributed by atoms with Crippen LogP contribution in [0, 0.1) is 0 Å². The predicted octanol–water partition coefficient (Wildman–Crippen LogP) is 0.782. The third-order valence-corrected chi connectivity index (χ3v) is 3.31. The molecule has 0 spiro atoms. The highest BCUT2D eigenvalue weighted by atomic mass is 16.5. The second-order valence-electron chi connectivity index (χ2n) is 4.72. The molecule has 2 rings (SSSR count). The number of anilines is 1. The molecular formula is C13H22N4O. The number of hydrogen-bond acceptors (Lipinski definition) is 5. The summed E-state index contributed by atoms with van der Waals surface area (Å²) < 4.78 is 0. The van der Waals surface area contributed by atoms with Crippen LogP contribution < -0.4 is 10.8 Å². The fourth-order valence-corrected chi connectivity index (χ4v) is 2.28. The van der Waals surface area contributed by atoms with Gasteiger partial charge in [0.1, 0.15) is 0 Å². The first-order valence-electron chi connectivity index (χ1n) is 6.40. The molecule has 3 N–H and O–H groups in total. The molecule has 0 amide bonds. The summed E-state index contributed by atoms with van der Waals surface area (Å²) in [7, 11) is 1.99. The molecule has 0 unspecified atom stereocenters. The van der Waals surface area contributed by atoms with Crippen LogP contribution in [0.15, 0.2) is 24.3 Å². The monoisotopic (exact) mass is 250 g/mol. The Morgan fingerprint density at radius 2 is 1.89 bits per heavy atom. The summed E-state index contributed by atoms with van der Waals surface area (Å²) in [5, 5.41) is 11.9. The molecule has 1 saturated heterocycles. The molecule has 1 aliphatic heterocycles. The molecule has 1 aromatic rings. The van der Waals surface area contributed by atoms with E-state index in [-0.39, 0.29) is 0 Å². The van der Waals surface area contributed by atoms with Crippen LogP contribution in [-0.2, 0) is 6.42 Å². The molecule has 5 heteroatoms. The van der Waals surface area contributed by atoms with E-state index in [0.29, 0.717) is 0 Å². The third-order valence-electron chi connectivity index (χ3n) is 3.31. The van der Waals surface area contributed by atoms with Gasteiger partial charge in [0.2, 0.25) is 0 Å². The summed E-state index contributed by atoms with van der Waals surface area (Å²) in [6, 6.07) is 7.90. The van der Waals surface area contributed by atoms with Crippen molar-refractivity contribution < 1.29 is 5.21 Å². The molecule has 0 atom stereocenters. The second-order valence-corrected chi connectivity index (χ2v) is 4.72. The van der Waals surface area contributed by atoms with Gasteiger partial charge >= 0.3 is 0 Å². The summed E-state index contributed by atoms with van der Waals surface area (Å²) >= 11 is 0. The largest absolute Gasteiger partial charge is 0.307 e. The fourth-order valence-electron chi connectivity index (χ4n) is 2.28. The molecule has 100 valence electrons. The zero-order chi connectivity index (χ0) is 12.8. The minimum absolute atomic E-state index is 0.736. The van der Waals surface area contributed by atoms with E-state index in [4.69, 9.17) is 5.21 Å². The molecule has 18 heavy (non-hydrogen) atoms. The van der Waals surface area contributed by atoms with E-state index in [0.717, 1.165) is 45.1 Å². The van der Waals surface area contributed by atoms with Gasteiger partial charge in [-0.15, -0.1) is 0 Å². The Bertz CT molecular complexity index is 355. The van der Waals surface area contributed by atoms with Crippen LogP contribution in [0.3, 0.4) is 0 Å². The number of rotatable bonds is 6. The summed E-state index contributed by atoms with van der Waals surface area (Å²) in [6.07, 6.45) is 1.05. The van der Waals surface area contributed by atoms with Gasteiger partial charge in [-0.05, 0) is 31.2 Å². The van der Waals surface area contributed by atoms with Gasteiger partial charge in [0.25, 0.3) is 0 Å². The van der Waals surface area contributed by atoms with Crippen molar-refractivity contribution >= 4 is 5.69 Å². The van der Waals surface area contributed by atoms with Crippen molar-refractivity contribution in [1.82, 2.24) is 15.1 Å². The van der Waals surface area contributed by atoms with Crippen LogP contribution in [0.25, 0.3) is 0 Å². The van der Waals surface area contributed by atoms with E-state index in [2.05, 4.69) is 32.7 Å². The number of benzene rings is 1. The summed E-state index contributed by atoms with van der Waals surface area (Å²) in [4.78, 5) is 4.87. The van der Waals surface area contributed by atoms with Crippen molar-refractivity contribution in [2.75, 3.05) is 45.5 Å². The van der Waals surface area contributed by atoms with Gasteiger partial charge in [-0.3, -0.25) is 20.5 Å². The SMILES string of the molecule is CNCN1CCN(CCc2ccc(NO)cc2)C1. The number of nitrogens with one attached hydrogen (secondary N) is 2. The number of hydrogen-bond donors (Lipinski definition) is 3. The van der Waals surface area contributed by atoms with E-state index in [1.54, 1.807) is 0 Å². The van der Waals surface area contributed by atoms with Gasteiger partial charge in [0.15, 0.2) is 0 Å². The zero-order valence-electron chi connectivity index (χ0n) is 10.9. The Kier molecular flexibility index (Phi) is 4.95. The first-order valence-corrected chi connectivity index (χ1v) is 6.40. The van der Waals surface area contributed by atoms with E-state index < -0.39 is 0 Å². The first kappa shape index (κ1) is 13.3. The van der Waals surface area contributed by atoms with Gasteiger partial charge in [-0.25, -0.2) is 0 Å². The van der Waals surface area contributed by atoms with Gasteiger partial charge in [0.05, 0.1) is 12.4 Å². The zero-order valence-corrected chi connectivity index (χ0v) is 10.9. The smallest absolute Gasteiger partial charge is 0.0602 e. The minimum Gasteiger partial charge on any atom is -0.307 e. The lowest BCUT2D eigenvalue weighted by Gasteiger charge is -2.17. The lowest BCUT2D eigenvalue weighted by atomic mass is 10.1. The van der Waals surface area contributed by atoms with Crippen molar-refractivity contribution in [3.8, 4) is 0 Å². The Morgan fingerprint density at radius 1 is 1.17 bits per heavy atom. The summed E-state index contributed by atoms with van der Waals surface area (Å²) in [6.45, 7) is 5.41. The summed E-state index contributed by atoms with van der Waals surface area (Å²) in [5.74, 6) is 0. The normalized spacial score (nSPS) is 17.2. The molecule has 0 saturated carbocycles. The summed E-state index contributed by atoms with van der Waals surface area (Å²) in [5.41, 5.74) is 4.19. The average molecular weight is 250 g/mol. The van der Waals surface area contributed by atoms with Crippen molar-refractivity contribution in [1.29, 1.82) is 0 Å². The van der Waals surface area contributed by atoms with E-state index in [1.807, 2.05) is 19.2 Å². The highest BCUT2D eigenvalue weighted by Crippen LogP contribution is 2.10. The highest BCUT2D eigenvalue weighted by Gasteiger charge is 2.18. The van der Waals surface area contributed by atoms with E-state index in [9.17, 15) is 0 Å². The Labute approximate surface area is 108 Å². The van der Waals surface area contributed by atoms with Gasteiger partial charge in [0, 0.05) is 26.3 Å². The van der Waals surface area contributed by atoms with Crippen LogP contribution in [-0.4, -0.2) is 55.0 Å². The quantitative estimate of drug-likeness (QED) is 0.652. The molecule has 1 aliphatic rings. The standard InChI is InChI=1S/C13H22N4O/c1-14-10-17-9-8-16(11-17)7-6-12-2-4-13(15-18)5-3-12/h2-5,14-15,18H,6-11H2,1H3. The van der Waals surface area contributed by atoms with Crippen molar-refractivity contribution in [3.63, 3.8) is 0 Å². The average Bonchev–Trinajstić information content (AvgIpc) is 2.85. The van der Waals surface area contributed by atoms with Gasteiger partial charge < -0.3 is 5.32 Å². The lowest BCUT2D eigenvalue weighted by molar-refractivity contribution is 0.239. The maximum absolute atomic E-state index is 8.74. The predicted molar refractivity (Wildman–Crippen MR) is 72.6 cm³/mol. The Balaban J connectivity index is 1.74. The van der Waals surface area contributed by atoms with E-state index in [1.165, 1.54) is 5.56 Å². The Hall–Kier alpha value is -1.14. The molecule has 1 fully saturated rings. The topological polar surface area (TPSA) is 50.8 Å².